The molecule has 0 unspecified atom stereocenters. The molecule has 0 radical (unpaired) electrons. The van der Waals surface area contributed by atoms with Crippen LogP contribution in [-0.4, -0.2) is 63.7 Å². The van der Waals surface area contributed by atoms with Crippen molar-refractivity contribution in [1.29, 1.82) is 5.41 Å². The van der Waals surface area contributed by atoms with Crippen molar-refractivity contribution >= 4 is 29.4 Å². The third kappa shape index (κ3) is 10.8. The molecule has 52 heavy (non-hydrogen) atoms. The number of carboxylic acid groups (broad SMARTS) is 2. The zero-order valence-electron chi connectivity index (χ0n) is 28.8. The average Bonchev–Trinajstić information content (AvgIpc) is 3.07. The lowest BCUT2D eigenvalue weighted by atomic mass is 9.89. The van der Waals surface area contributed by atoms with Crippen LogP contribution in [0.1, 0.15) is 86.1 Å². The summed E-state index contributed by atoms with van der Waals surface area (Å²) in [5.74, 6) is -8.32. The summed E-state index contributed by atoms with van der Waals surface area (Å²) in [6.07, 6.45) is 0.409. The van der Waals surface area contributed by atoms with E-state index in [1.807, 2.05) is 0 Å². The van der Waals surface area contributed by atoms with Crippen LogP contribution in [0.3, 0.4) is 0 Å². The number of hydrogen-bond acceptors (Lipinski definition) is 8. The SMILES string of the molecule is CC(C)N(c1c(F)c(Oc2cccc(C(=N)N)c2)nc(Oc2ccc(C(=O)NCC3CCCCC3)cc2C(=O)O)c1F)C(C)C.O=C(O)C(F)(F)F. The van der Waals surface area contributed by atoms with E-state index >= 15 is 8.78 Å². The van der Waals surface area contributed by atoms with E-state index in [2.05, 4.69) is 10.3 Å². The van der Waals surface area contributed by atoms with Crippen molar-refractivity contribution in [3.05, 3.63) is 70.8 Å². The first-order valence-electron chi connectivity index (χ1n) is 16.2. The number of aromatic carboxylic acids is 1. The van der Waals surface area contributed by atoms with Crippen LogP contribution in [0.25, 0.3) is 0 Å². The second-order valence-corrected chi connectivity index (χ2v) is 12.5. The maximum atomic E-state index is 16.1. The Hall–Kier alpha value is -5.48. The van der Waals surface area contributed by atoms with Gasteiger partial charge in [0.15, 0.2) is 0 Å². The van der Waals surface area contributed by atoms with Crippen LogP contribution >= 0.6 is 0 Å². The second-order valence-electron chi connectivity index (χ2n) is 12.5. The molecule has 1 aliphatic rings. The van der Waals surface area contributed by atoms with E-state index in [4.69, 9.17) is 30.5 Å². The molecular formula is C35H40F5N5O7. The molecule has 1 heterocycles. The number of nitrogens with two attached hydrogens (primary N) is 1. The van der Waals surface area contributed by atoms with Crippen molar-refractivity contribution in [2.45, 2.75) is 78.1 Å². The first kappa shape index (κ1) is 40.9. The normalized spacial score (nSPS) is 13.2. The molecule has 3 aromatic rings. The monoisotopic (exact) mass is 737 g/mol. The van der Waals surface area contributed by atoms with Gasteiger partial charge >= 0.3 is 18.1 Å². The molecule has 12 nitrogen and oxygen atoms in total. The van der Waals surface area contributed by atoms with Crippen molar-refractivity contribution in [2.24, 2.45) is 11.7 Å². The summed E-state index contributed by atoms with van der Waals surface area (Å²) in [4.78, 5) is 39.4. The number of rotatable bonds is 12. The van der Waals surface area contributed by atoms with Crippen molar-refractivity contribution in [2.75, 3.05) is 11.4 Å². The van der Waals surface area contributed by atoms with Gasteiger partial charge in [-0.3, -0.25) is 10.2 Å². The fourth-order valence-electron chi connectivity index (χ4n) is 5.56. The summed E-state index contributed by atoms with van der Waals surface area (Å²) in [7, 11) is 0. The number of ether oxygens (including phenoxy) is 2. The molecule has 0 aliphatic heterocycles. The smallest absolute Gasteiger partial charge is 0.478 e. The number of aromatic nitrogens is 1. The van der Waals surface area contributed by atoms with Gasteiger partial charge in [0.05, 0.1) is 0 Å². The Balaban J connectivity index is 0.000000944. The third-order valence-electron chi connectivity index (χ3n) is 7.92. The van der Waals surface area contributed by atoms with Gasteiger partial charge in [-0.2, -0.15) is 26.9 Å². The second kappa shape index (κ2) is 17.6. The molecule has 282 valence electrons. The van der Waals surface area contributed by atoms with Crippen LogP contribution in [0.2, 0.25) is 0 Å². The van der Waals surface area contributed by atoms with Crippen LogP contribution in [-0.2, 0) is 4.79 Å². The number of carbonyl (C=O) groups excluding carboxylic acids is 1. The van der Waals surface area contributed by atoms with Crippen LogP contribution in [0.4, 0.5) is 27.6 Å². The van der Waals surface area contributed by atoms with Crippen molar-refractivity contribution in [3.8, 4) is 23.3 Å². The van der Waals surface area contributed by atoms with Gasteiger partial charge in [0.25, 0.3) is 17.7 Å². The predicted octanol–water partition coefficient (Wildman–Crippen LogP) is 7.49. The number of halogens is 5. The van der Waals surface area contributed by atoms with E-state index in [0.717, 1.165) is 31.7 Å². The quantitative estimate of drug-likeness (QED) is 0.0708. The van der Waals surface area contributed by atoms with Gasteiger partial charge in [0.2, 0.25) is 11.6 Å². The Labute approximate surface area is 296 Å². The molecule has 2 aromatic carbocycles. The number of carbonyl (C=O) groups is 3. The highest BCUT2D eigenvalue weighted by molar-refractivity contribution is 5.99. The molecule has 0 atom stereocenters. The van der Waals surface area contributed by atoms with Crippen LogP contribution < -0.4 is 25.4 Å². The van der Waals surface area contributed by atoms with Gasteiger partial charge < -0.3 is 35.6 Å². The molecule has 0 saturated heterocycles. The number of aliphatic carboxylic acids is 1. The number of carboxylic acids is 2. The summed E-state index contributed by atoms with van der Waals surface area (Å²) in [6, 6.07) is 9.04. The van der Waals surface area contributed by atoms with E-state index in [9.17, 15) is 27.9 Å². The highest BCUT2D eigenvalue weighted by Crippen LogP contribution is 2.40. The minimum Gasteiger partial charge on any atom is -0.478 e. The maximum Gasteiger partial charge on any atom is 0.490 e. The summed E-state index contributed by atoms with van der Waals surface area (Å²) in [5, 5.41) is 27.6. The predicted molar refractivity (Wildman–Crippen MR) is 181 cm³/mol. The van der Waals surface area contributed by atoms with E-state index < -0.39 is 58.7 Å². The lowest BCUT2D eigenvalue weighted by molar-refractivity contribution is -0.192. The number of nitrogens with zero attached hydrogens (tertiary/aromatic N) is 2. The number of hydrogen-bond donors (Lipinski definition) is 5. The molecule has 1 aromatic heterocycles. The number of amidine groups is 1. The molecule has 4 rings (SSSR count). The molecule has 1 amide bonds. The molecule has 6 N–H and O–H groups in total. The number of alkyl halides is 3. The molecule has 0 spiro atoms. The van der Waals surface area contributed by atoms with Gasteiger partial charge in [-0.05, 0) is 76.8 Å². The molecular weight excluding hydrogens is 697 g/mol. The molecule has 17 heteroatoms. The number of anilines is 1. The number of amides is 1. The molecule has 1 fully saturated rings. The van der Waals surface area contributed by atoms with Gasteiger partial charge in [-0.25, -0.2) is 9.59 Å². The number of benzene rings is 2. The van der Waals surface area contributed by atoms with E-state index in [1.54, 1.807) is 39.8 Å². The van der Waals surface area contributed by atoms with Crippen molar-refractivity contribution in [3.63, 3.8) is 0 Å². The summed E-state index contributed by atoms with van der Waals surface area (Å²) >= 11 is 0. The Morgan fingerprint density at radius 1 is 0.942 bits per heavy atom. The van der Waals surface area contributed by atoms with Crippen molar-refractivity contribution in [1.82, 2.24) is 10.3 Å². The molecule has 0 bridgehead atoms. The fourth-order valence-corrected chi connectivity index (χ4v) is 5.56. The number of nitrogen functional groups attached to an aromatic ring is 1. The minimum atomic E-state index is -5.08. The lowest BCUT2D eigenvalue weighted by Crippen LogP contribution is -2.38. The first-order chi connectivity index (χ1) is 24.3. The highest BCUT2D eigenvalue weighted by atomic mass is 19.4. The van der Waals surface area contributed by atoms with Crippen molar-refractivity contribution < 1.29 is 56.0 Å². The van der Waals surface area contributed by atoms with Crippen LogP contribution in [0.15, 0.2) is 42.5 Å². The van der Waals surface area contributed by atoms with Crippen LogP contribution in [0.5, 0.6) is 23.3 Å². The first-order valence-corrected chi connectivity index (χ1v) is 16.2. The van der Waals surface area contributed by atoms with Crippen LogP contribution in [0, 0.1) is 23.0 Å². The van der Waals surface area contributed by atoms with Gasteiger partial charge in [0.1, 0.15) is 28.6 Å². The Kier molecular flexibility index (Phi) is 13.9. The summed E-state index contributed by atoms with van der Waals surface area (Å²) < 4.78 is 75.3. The number of pyridine rings is 1. The Morgan fingerprint density at radius 3 is 2.04 bits per heavy atom. The van der Waals surface area contributed by atoms with E-state index in [1.165, 1.54) is 35.6 Å². The fraction of sp³-hybridized carbons (Fsp3) is 0.400. The molecule has 1 aliphatic carbocycles. The Bertz CT molecular complexity index is 1770. The summed E-state index contributed by atoms with van der Waals surface area (Å²) in [6.45, 7) is 7.54. The minimum absolute atomic E-state index is 0.0769. The number of nitrogens with one attached hydrogen (secondary N) is 2. The average molecular weight is 738 g/mol. The maximum absolute atomic E-state index is 16.1. The topological polar surface area (TPSA) is 188 Å². The zero-order chi connectivity index (χ0) is 38.9. The van der Waals surface area contributed by atoms with Gasteiger partial charge in [0, 0.05) is 29.8 Å². The standard InChI is InChI=1S/C33H39F2N5O5.C2HF3O2/c1-18(2)40(19(3)4)28-26(34)31(44-23-12-8-11-21(15-23)29(36)37)39-32(27(28)35)45-25-14-13-22(16-24(25)33(42)43)30(41)38-17-20-9-6-5-7-10-20;3-2(4,5)1(6)7/h8,11-16,18-20H,5-7,9-10,17H2,1-4H3,(H3,36,37)(H,38,41)(H,42,43);(H,6,7). The van der Waals surface area contributed by atoms with E-state index in [-0.39, 0.29) is 35.0 Å². The Morgan fingerprint density at radius 2 is 1.52 bits per heavy atom. The van der Waals surface area contributed by atoms with Gasteiger partial charge in [-0.15, -0.1) is 0 Å². The largest absolute Gasteiger partial charge is 0.490 e. The lowest BCUT2D eigenvalue weighted by Gasteiger charge is -2.33. The highest BCUT2D eigenvalue weighted by Gasteiger charge is 2.38. The van der Waals surface area contributed by atoms with Gasteiger partial charge in [-0.1, -0.05) is 31.4 Å². The molecule has 1 saturated carbocycles. The summed E-state index contributed by atoms with van der Waals surface area (Å²) in [5.41, 5.74) is 5.10. The zero-order valence-corrected chi connectivity index (χ0v) is 28.8. The van der Waals surface area contributed by atoms with E-state index in [0.29, 0.717) is 18.0 Å². The third-order valence-corrected chi connectivity index (χ3v) is 7.92.